The molecule has 126 valence electrons. The van der Waals surface area contributed by atoms with E-state index in [-0.39, 0.29) is 18.0 Å². The van der Waals surface area contributed by atoms with Crippen molar-refractivity contribution in [2.24, 2.45) is 0 Å². The second-order valence-electron chi connectivity index (χ2n) is 5.72. The van der Waals surface area contributed by atoms with Gasteiger partial charge in [-0.3, -0.25) is 4.79 Å². The molecule has 0 saturated carbocycles. The molecule has 0 radical (unpaired) electrons. The minimum absolute atomic E-state index is 0.00550. The molecular formula is C17H25N3O3. The highest BCUT2D eigenvalue weighted by atomic mass is 16.6. The molecule has 1 aliphatic heterocycles. The number of likely N-dealkylation sites (tertiary alicyclic amines) is 1. The predicted molar refractivity (Wildman–Crippen MR) is 89.5 cm³/mol. The van der Waals surface area contributed by atoms with Crippen LogP contribution in [0.15, 0.2) is 30.3 Å². The highest BCUT2D eigenvalue weighted by Gasteiger charge is 2.24. The van der Waals surface area contributed by atoms with E-state index >= 15 is 0 Å². The maximum Gasteiger partial charge on any atom is 0.409 e. The van der Waals surface area contributed by atoms with Gasteiger partial charge in [0.1, 0.15) is 0 Å². The first kappa shape index (κ1) is 17.1. The summed E-state index contributed by atoms with van der Waals surface area (Å²) in [5.41, 5.74) is 1.01. The average Bonchev–Trinajstić information content (AvgIpc) is 2.56. The summed E-state index contributed by atoms with van der Waals surface area (Å²) in [6, 6.07) is 9.94. The first-order valence-electron chi connectivity index (χ1n) is 8.07. The standard InChI is InChI=1S/C17H25N3O3/c1-3-23-17(22)20-11-9-14(10-12-20)18-16(21)13-19(2)15-7-5-4-6-8-15/h4-8,14H,3,9-13H2,1-2H3,(H,18,21). The van der Waals surface area contributed by atoms with Gasteiger partial charge in [-0.05, 0) is 31.9 Å². The van der Waals surface area contributed by atoms with E-state index in [4.69, 9.17) is 4.74 Å². The molecule has 0 atom stereocenters. The Hall–Kier alpha value is -2.24. The number of carbonyl (C=O) groups is 2. The highest BCUT2D eigenvalue weighted by Crippen LogP contribution is 2.13. The molecule has 6 nitrogen and oxygen atoms in total. The van der Waals surface area contributed by atoms with Crippen molar-refractivity contribution < 1.29 is 14.3 Å². The van der Waals surface area contributed by atoms with E-state index in [2.05, 4.69) is 5.32 Å². The summed E-state index contributed by atoms with van der Waals surface area (Å²) in [5.74, 6) is 0.00550. The molecule has 0 bridgehead atoms. The van der Waals surface area contributed by atoms with Gasteiger partial charge in [0.25, 0.3) is 0 Å². The molecule has 1 aromatic carbocycles. The number of hydrogen-bond acceptors (Lipinski definition) is 4. The van der Waals surface area contributed by atoms with Gasteiger partial charge < -0.3 is 19.9 Å². The Morgan fingerprint density at radius 1 is 1.26 bits per heavy atom. The van der Waals surface area contributed by atoms with E-state index in [1.807, 2.05) is 42.3 Å². The number of carbonyl (C=O) groups excluding carboxylic acids is 2. The van der Waals surface area contributed by atoms with Gasteiger partial charge in [-0.2, -0.15) is 0 Å². The van der Waals surface area contributed by atoms with Gasteiger partial charge in [-0.15, -0.1) is 0 Å². The zero-order valence-corrected chi connectivity index (χ0v) is 13.8. The van der Waals surface area contributed by atoms with Crippen LogP contribution in [-0.4, -0.2) is 56.2 Å². The lowest BCUT2D eigenvalue weighted by Gasteiger charge is -2.32. The maximum absolute atomic E-state index is 12.2. The summed E-state index contributed by atoms with van der Waals surface area (Å²) in [5, 5.41) is 3.05. The Balaban J connectivity index is 1.73. The Kier molecular flexibility index (Phi) is 6.26. The Bertz CT molecular complexity index is 513. The zero-order valence-electron chi connectivity index (χ0n) is 13.8. The molecule has 23 heavy (non-hydrogen) atoms. The molecule has 1 heterocycles. The van der Waals surface area contributed by atoms with Crippen molar-refractivity contribution >= 4 is 17.7 Å². The largest absolute Gasteiger partial charge is 0.450 e. The number of amides is 2. The lowest BCUT2D eigenvalue weighted by molar-refractivity contribution is -0.120. The van der Waals surface area contributed by atoms with Gasteiger partial charge in [0, 0.05) is 31.9 Å². The number of piperidine rings is 1. The maximum atomic E-state index is 12.2. The van der Waals surface area contributed by atoms with Gasteiger partial charge in [0.2, 0.25) is 5.91 Å². The lowest BCUT2D eigenvalue weighted by atomic mass is 10.1. The van der Waals surface area contributed by atoms with Crippen molar-refractivity contribution in [3.8, 4) is 0 Å². The van der Waals surface area contributed by atoms with Crippen molar-refractivity contribution in [1.82, 2.24) is 10.2 Å². The van der Waals surface area contributed by atoms with Gasteiger partial charge >= 0.3 is 6.09 Å². The van der Waals surface area contributed by atoms with Crippen molar-refractivity contribution in [3.05, 3.63) is 30.3 Å². The van der Waals surface area contributed by atoms with E-state index < -0.39 is 0 Å². The number of hydrogen-bond donors (Lipinski definition) is 1. The number of nitrogens with one attached hydrogen (secondary N) is 1. The third kappa shape index (κ3) is 5.16. The van der Waals surface area contributed by atoms with Crippen LogP contribution in [0.25, 0.3) is 0 Å². The highest BCUT2D eigenvalue weighted by molar-refractivity contribution is 5.81. The number of anilines is 1. The van der Waals surface area contributed by atoms with E-state index in [1.54, 1.807) is 11.8 Å². The molecule has 0 spiro atoms. The SMILES string of the molecule is CCOC(=O)N1CCC(NC(=O)CN(C)c2ccccc2)CC1. The molecule has 1 aromatic rings. The molecule has 0 aliphatic carbocycles. The second-order valence-corrected chi connectivity index (χ2v) is 5.72. The first-order valence-corrected chi connectivity index (χ1v) is 8.07. The van der Waals surface area contributed by atoms with Crippen LogP contribution in [0.3, 0.4) is 0 Å². The minimum Gasteiger partial charge on any atom is -0.450 e. The summed E-state index contributed by atoms with van der Waals surface area (Å²) in [6.07, 6.45) is 1.26. The topological polar surface area (TPSA) is 61.9 Å². The summed E-state index contributed by atoms with van der Waals surface area (Å²) in [6.45, 7) is 3.76. The van der Waals surface area contributed by atoms with Crippen molar-refractivity contribution in [3.63, 3.8) is 0 Å². The van der Waals surface area contributed by atoms with Crippen LogP contribution in [0.4, 0.5) is 10.5 Å². The van der Waals surface area contributed by atoms with E-state index in [0.717, 1.165) is 18.5 Å². The van der Waals surface area contributed by atoms with Gasteiger partial charge in [0.15, 0.2) is 0 Å². The van der Waals surface area contributed by atoms with E-state index in [9.17, 15) is 9.59 Å². The Morgan fingerprint density at radius 2 is 1.91 bits per heavy atom. The third-order valence-electron chi connectivity index (χ3n) is 3.96. The van der Waals surface area contributed by atoms with Gasteiger partial charge in [0.05, 0.1) is 13.2 Å². The van der Waals surface area contributed by atoms with Crippen LogP contribution in [0.2, 0.25) is 0 Å². The smallest absolute Gasteiger partial charge is 0.409 e. The summed E-state index contributed by atoms with van der Waals surface area (Å²) < 4.78 is 4.99. The number of nitrogens with zero attached hydrogens (tertiary/aromatic N) is 2. The molecule has 1 fully saturated rings. The van der Waals surface area contributed by atoms with Crippen LogP contribution in [-0.2, 0) is 9.53 Å². The second kappa shape index (κ2) is 8.41. The van der Waals surface area contributed by atoms with Gasteiger partial charge in [-0.1, -0.05) is 18.2 Å². The minimum atomic E-state index is -0.263. The molecular weight excluding hydrogens is 294 g/mol. The van der Waals surface area contributed by atoms with Crippen LogP contribution < -0.4 is 10.2 Å². The third-order valence-corrected chi connectivity index (χ3v) is 3.96. The molecule has 2 amide bonds. The van der Waals surface area contributed by atoms with Crippen molar-refractivity contribution in [1.29, 1.82) is 0 Å². The van der Waals surface area contributed by atoms with Crippen LogP contribution in [0.1, 0.15) is 19.8 Å². The lowest BCUT2D eigenvalue weighted by Crippen LogP contribution is -2.48. The fourth-order valence-electron chi connectivity index (χ4n) is 2.68. The summed E-state index contributed by atoms with van der Waals surface area (Å²) >= 11 is 0. The molecule has 0 unspecified atom stereocenters. The number of ether oxygens (including phenoxy) is 1. The summed E-state index contributed by atoms with van der Waals surface area (Å²) in [7, 11) is 1.90. The molecule has 1 N–H and O–H groups in total. The molecule has 0 aromatic heterocycles. The number of likely N-dealkylation sites (N-methyl/N-ethyl adjacent to an activating group) is 1. The fraction of sp³-hybridized carbons (Fsp3) is 0.529. The molecule has 6 heteroatoms. The molecule has 2 rings (SSSR count). The Morgan fingerprint density at radius 3 is 2.52 bits per heavy atom. The zero-order chi connectivity index (χ0) is 16.7. The first-order chi connectivity index (χ1) is 11.1. The quantitative estimate of drug-likeness (QED) is 0.900. The van der Waals surface area contributed by atoms with Crippen molar-refractivity contribution in [2.75, 3.05) is 38.2 Å². The van der Waals surface area contributed by atoms with Crippen LogP contribution >= 0.6 is 0 Å². The molecule has 1 saturated heterocycles. The number of rotatable bonds is 5. The molecule has 1 aliphatic rings. The van der Waals surface area contributed by atoms with Gasteiger partial charge in [-0.25, -0.2) is 4.79 Å². The fourth-order valence-corrected chi connectivity index (χ4v) is 2.68. The van der Waals surface area contributed by atoms with Crippen molar-refractivity contribution in [2.45, 2.75) is 25.8 Å². The van der Waals surface area contributed by atoms with E-state index in [0.29, 0.717) is 26.2 Å². The number of benzene rings is 1. The van der Waals surface area contributed by atoms with Crippen LogP contribution in [0, 0.1) is 0 Å². The van der Waals surface area contributed by atoms with Crippen LogP contribution in [0.5, 0.6) is 0 Å². The number of para-hydroxylation sites is 1. The van der Waals surface area contributed by atoms with E-state index in [1.165, 1.54) is 0 Å². The normalized spacial score (nSPS) is 15.1. The monoisotopic (exact) mass is 319 g/mol. The summed E-state index contributed by atoms with van der Waals surface area (Å²) in [4.78, 5) is 27.4. The average molecular weight is 319 g/mol. The predicted octanol–water partition coefficient (Wildman–Crippen LogP) is 1.86. The Labute approximate surface area is 137 Å².